The molecule has 0 saturated carbocycles. The maximum atomic E-state index is 11.9. The molecule has 0 amide bonds. The number of allylic oxidation sites excluding steroid dienone is 2. The zero-order chi connectivity index (χ0) is 24.6. The highest BCUT2D eigenvalue weighted by molar-refractivity contribution is 5.74. The van der Waals surface area contributed by atoms with Gasteiger partial charge in [-0.3, -0.25) is 0 Å². The van der Waals surface area contributed by atoms with Crippen LogP contribution in [0.3, 0.4) is 0 Å². The standard InChI is InChI=1S/C27H28O8/c1-18-8-12-30-24-14-20(4-6-22(18)24)34-16-26(28)32-10-3-11-33-27(29)17-35-21-5-7-23-19(2)9-13-31-25(23)15-21/h4-9,14-15H,3,10-13,16-17H2,1-2H3. The number of benzene rings is 2. The lowest BCUT2D eigenvalue weighted by molar-refractivity contribution is -0.148. The van der Waals surface area contributed by atoms with Crippen LogP contribution in [0.25, 0.3) is 11.1 Å². The number of fused-ring (bicyclic) bond motifs is 2. The van der Waals surface area contributed by atoms with Crippen molar-refractivity contribution in [3.05, 3.63) is 59.7 Å². The number of hydrogen-bond donors (Lipinski definition) is 0. The Hall–Kier alpha value is -3.94. The van der Waals surface area contributed by atoms with E-state index in [0.717, 1.165) is 33.8 Å². The van der Waals surface area contributed by atoms with Crippen LogP contribution in [0, 0.1) is 0 Å². The predicted molar refractivity (Wildman–Crippen MR) is 129 cm³/mol. The molecule has 2 aliphatic heterocycles. The number of carbonyl (C=O) groups is 2. The van der Waals surface area contributed by atoms with Crippen molar-refractivity contribution in [2.24, 2.45) is 0 Å². The molecule has 8 nitrogen and oxygen atoms in total. The summed E-state index contributed by atoms with van der Waals surface area (Å²) in [6.07, 6.45) is 4.38. The first kappa shape index (κ1) is 24.2. The minimum Gasteiger partial charge on any atom is -0.489 e. The molecule has 0 atom stereocenters. The molecule has 35 heavy (non-hydrogen) atoms. The van der Waals surface area contributed by atoms with Crippen LogP contribution in [-0.4, -0.2) is 51.6 Å². The fourth-order valence-electron chi connectivity index (χ4n) is 3.61. The van der Waals surface area contributed by atoms with Crippen molar-refractivity contribution in [2.75, 3.05) is 39.6 Å². The maximum absolute atomic E-state index is 11.9. The number of rotatable bonds is 10. The maximum Gasteiger partial charge on any atom is 0.344 e. The molecule has 184 valence electrons. The lowest BCUT2D eigenvalue weighted by Gasteiger charge is -2.17. The summed E-state index contributed by atoms with van der Waals surface area (Å²) in [6, 6.07) is 10.9. The third-order valence-electron chi connectivity index (χ3n) is 5.54. The Labute approximate surface area is 204 Å². The van der Waals surface area contributed by atoms with E-state index in [1.165, 1.54) is 0 Å². The number of hydrogen-bond acceptors (Lipinski definition) is 8. The highest BCUT2D eigenvalue weighted by atomic mass is 16.6. The van der Waals surface area contributed by atoms with Crippen LogP contribution in [0.15, 0.2) is 48.6 Å². The smallest absolute Gasteiger partial charge is 0.344 e. The normalized spacial score (nSPS) is 13.7. The van der Waals surface area contributed by atoms with Crippen molar-refractivity contribution in [3.8, 4) is 23.0 Å². The van der Waals surface area contributed by atoms with Crippen LogP contribution in [0.2, 0.25) is 0 Å². The molecule has 0 radical (unpaired) electrons. The molecule has 0 fully saturated rings. The predicted octanol–water partition coefficient (Wildman–Crippen LogP) is 4.21. The van der Waals surface area contributed by atoms with Gasteiger partial charge in [-0.25, -0.2) is 9.59 Å². The molecule has 4 rings (SSSR count). The molecular formula is C27H28O8. The average molecular weight is 481 g/mol. The van der Waals surface area contributed by atoms with Gasteiger partial charge in [-0.2, -0.15) is 0 Å². The van der Waals surface area contributed by atoms with E-state index >= 15 is 0 Å². The zero-order valence-electron chi connectivity index (χ0n) is 19.8. The molecule has 0 unspecified atom stereocenters. The Balaban J connectivity index is 1.08. The molecule has 8 heteroatoms. The van der Waals surface area contributed by atoms with Crippen LogP contribution < -0.4 is 18.9 Å². The summed E-state index contributed by atoms with van der Waals surface area (Å²) < 4.78 is 32.4. The van der Waals surface area contributed by atoms with Crippen molar-refractivity contribution in [3.63, 3.8) is 0 Å². The summed E-state index contributed by atoms with van der Waals surface area (Å²) in [4.78, 5) is 23.8. The van der Waals surface area contributed by atoms with E-state index in [-0.39, 0.29) is 26.4 Å². The van der Waals surface area contributed by atoms with Gasteiger partial charge in [0.15, 0.2) is 13.2 Å². The van der Waals surface area contributed by atoms with Crippen molar-refractivity contribution < 1.29 is 38.0 Å². The summed E-state index contributed by atoms with van der Waals surface area (Å²) in [6.45, 7) is 4.86. The largest absolute Gasteiger partial charge is 0.489 e. The minimum absolute atomic E-state index is 0.114. The minimum atomic E-state index is -0.505. The molecule has 0 saturated heterocycles. The second-order valence-corrected chi connectivity index (χ2v) is 8.08. The SMILES string of the molecule is CC1=CCOc2cc(OCC(=O)OCCCOC(=O)COc3ccc4c(c3)OCC=C4C)ccc21. The summed E-state index contributed by atoms with van der Waals surface area (Å²) in [5.41, 5.74) is 4.31. The van der Waals surface area contributed by atoms with E-state index in [9.17, 15) is 9.59 Å². The van der Waals surface area contributed by atoms with Gasteiger partial charge in [0.25, 0.3) is 0 Å². The molecule has 2 heterocycles. The van der Waals surface area contributed by atoms with E-state index in [2.05, 4.69) is 0 Å². The van der Waals surface area contributed by atoms with Gasteiger partial charge >= 0.3 is 11.9 Å². The topological polar surface area (TPSA) is 89.5 Å². The van der Waals surface area contributed by atoms with Gasteiger partial charge < -0.3 is 28.4 Å². The molecule has 0 bridgehead atoms. The molecule has 2 aromatic carbocycles. The van der Waals surface area contributed by atoms with Crippen LogP contribution in [0.4, 0.5) is 0 Å². The lowest BCUT2D eigenvalue weighted by Crippen LogP contribution is -2.18. The van der Waals surface area contributed by atoms with Gasteiger partial charge in [0.1, 0.15) is 36.2 Å². The van der Waals surface area contributed by atoms with E-state index in [0.29, 0.717) is 31.1 Å². The Kier molecular flexibility index (Phi) is 7.92. The van der Waals surface area contributed by atoms with Crippen molar-refractivity contribution in [1.29, 1.82) is 0 Å². The third-order valence-corrected chi connectivity index (χ3v) is 5.54. The quantitative estimate of drug-likeness (QED) is 0.369. The van der Waals surface area contributed by atoms with Gasteiger partial charge in [-0.05, 0) is 61.4 Å². The molecular weight excluding hydrogens is 452 g/mol. The third kappa shape index (κ3) is 6.56. The zero-order valence-corrected chi connectivity index (χ0v) is 19.8. The fraction of sp³-hybridized carbons (Fsp3) is 0.333. The average Bonchev–Trinajstić information content (AvgIpc) is 2.86. The molecule has 2 aliphatic rings. The molecule has 0 aliphatic carbocycles. The van der Waals surface area contributed by atoms with Crippen molar-refractivity contribution in [1.82, 2.24) is 0 Å². The summed E-state index contributed by atoms with van der Waals surface area (Å²) in [5.74, 6) is 1.51. The first-order valence-electron chi connectivity index (χ1n) is 11.4. The molecule has 0 aromatic heterocycles. The van der Waals surface area contributed by atoms with E-state index in [1.54, 1.807) is 24.3 Å². The first-order valence-corrected chi connectivity index (χ1v) is 11.4. The van der Waals surface area contributed by atoms with Crippen LogP contribution >= 0.6 is 0 Å². The monoisotopic (exact) mass is 480 g/mol. The van der Waals surface area contributed by atoms with Gasteiger partial charge in [0.2, 0.25) is 0 Å². The van der Waals surface area contributed by atoms with Crippen molar-refractivity contribution >= 4 is 23.1 Å². The highest BCUT2D eigenvalue weighted by Crippen LogP contribution is 2.33. The van der Waals surface area contributed by atoms with Crippen LogP contribution in [0.1, 0.15) is 31.4 Å². The van der Waals surface area contributed by atoms with Crippen LogP contribution in [0.5, 0.6) is 23.0 Å². The van der Waals surface area contributed by atoms with E-state index < -0.39 is 11.9 Å². The van der Waals surface area contributed by atoms with Crippen molar-refractivity contribution in [2.45, 2.75) is 20.3 Å². The second-order valence-electron chi connectivity index (χ2n) is 8.08. The molecule has 2 aromatic rings. The second kappa shape index (κ2) is 11.5. The summed E-state index contributed by atoms with van der Waals surface area (Å²) in [7, 11) is 0. The first-order chi connectivity index (χ1) is 17.0. The van der Waals surface area contributed by atoms with Gasteiger partial charge in [0.05, 0.1) is 13.2 Å². The Morgan fingerprint density at radius 3 is 1.66 bits per heavy atom. The lowest BCUT2D eigenvalue weighted by atomic mass is 10.0. The fourth-order valence-corrected chi connectivity index (χ4v) is 3.61. The highest BCUT2D eigenvalue weighted by Gasteiger charge is 2.14. The Bertz CT molecular complexity index is 1060. The van der Waals surface area contributed by atoms with E-state index in [4.69, 9.17) is 28.4 Å². The van der Waals surface area contributed by atoms with Gasteiger partial charge in [-0.1, -0.05) is 0 Å². The number of ether oxygens (including phenoxy) is 6. The number of carbonyl (C=O) groups excluding carboxylic acids is 2. The van der Waals surface area contributed by atoms with E-state index in [1.807, 2.05) is 38.1 Å². The Morgan fingerprint density at radius 1 is 0.743 bits per heavy atom. The molecule has 0 N–H and O–H groups in total. The van der Waals surface area contributed by atoms with Gasteiger partial charge in [-0.15, -0.1) is 0 Å². The summed E-state index contributed by atoms with van der Waals surface area (Å²) >= 11 is 0. The molecule has 0 spiro atoms. The summed E-state index contributed by atoms with van der Waals surface area (Å²) in [5, 5.41) is 0. The Morgan fingerprint density at radius 2 is 1.20 bits per heavy atom. The van der Waals surface area contributed by atoms with Crippen LogP contribution in [-0.2, 0) is 19.1 Å². The number of esters is 2. The van der Waals surface area contributed by atoms with Gasteiger partial charge in [0, 0.05) is 29.7 Å².